The molecule has 6 heteroatoms. The van der Waals surface area contributed by atoms with Crippen LogP contribution < -0.4 is 10.2 Å². The number of hydrogen-bond donors (Lipinski definition) is 1. The number of aromatic nitrogens is 2. The highest BCUT2D eigenvalue weighted by Gasteiger charge is 2.21. The number of nitrogens with zero attached hydrogens (tertiary/aromatic N) is 3. The van der Waals surface area contributed by atoms with Crippen LogP contribution in [0.25, 0.3) is 0 Å². The minimum absolute atomic E-state index is 0.0224. The lowest BCUT2D eigenvalue weighted by Crippen LogP contribution is -2.37. The maximum Gasteiger partial charge on any atom is 0.226 e. The molecular weight excluding hydrogens is 355 g/mol. The molecule has 1 fully saturated rings. The van der Waals surface area contributed by atoms with Gasteiger partial charge in [-0.1, -0.05) is 18.1 Å². The molecule has 1 aliphatic heterocycles. The standard InChI is InChI=1S/C22H25FN4O/c1-16(25-17(2)28)14-19-7-5-18(6-8-19)9-10-21-11-12-24-22(26-21)27-13-3-4-20(23)15-27/h5-8,11-12,16,20H,3-4,13-15H2,1-2H3,(H,25,28). The van der Waals surface area contributed by atoms with Gasteiger partial charge in [-0.25, -0.2) is 14.4 Å². The Labute approximate surface area is 165 Å². The second-order valence-corrected chi connectivity index (χ2v) is 7.18. The third-order valence-corrected chi connectivity index (χ3v) is 4.57. The minimum Gasteiger partial charge on any atom is -0.354 e. The first kappa shape index (κ1) is 19.8. The Morgan fingerprint density at radius 3 is 2.82 bits per heavy atom. The van der Waals surface area contributed by atoms with Gasteiger partial charge in [0.25, 0.3) is 0 Å². The zero-order valence-electron chi connectivity index (χ0n) is 16.3. The summed E-state index contributed by atoms with van der Waals surface area (Å²) in [7, 11) is 0. The van der Waals surface area contributed by atoms with Gasteiger partial charge < -0.3 is 10.2 Å². The van der Waals surface area contributed by atoms with Crippen molar-refractivity contribution in [3.63, 3.8) is 0 Å². The number of hydrogen-bond acceptors (Lipinski definition) is 4. The van der Waals surface area contributed by atoms with Gasteiger partial charge in [-0.05, 0) is 55.9 Å². The number of anilines is 1. The highest BCUT2D eigenvalue weighted by Crippen LogP contribution is 2.17. The third kappa shape index (κ3) is 5.78. The van der Waals surface area contributed by atoms with Crippen molar-refractivity contribution in [3.8, 4) is 11.8 Å². The molecule has 2 atom stereocenters. The second-order valence-electron chi connectivity index (χ2n) is 7.18. The van der Waals surface area contributed by atoms with Crippen LogP contribution in [0.1, 0.15) is 43.5 Å². The van der Waals surface area contributed by atoms with Gasteiger partial charge >= 0.3 is 0 Å². The predicted octanol–water partition coefficient (Wildman–Crippen LogP) is 2.88. The molecule has 3 rings (SSSR count). The van der Waals surface area contributed by atoms with E-state index in [1.807, 2.05) is 36.1 Å². The summed E-state index contributed by atoms with van der Waals surface area (Å²) in [5.74, 6) is 6.69. The summed E-state index contributed by atoms with van der Waals surface area (Å²) in [5.41, 5.74) is 2.65. The van der Waals surface area contributed by atoms with Crippen molar-refractivity contribution in [2.75, 3.05) is 18.0 Å². The minimum atomic E-state index is -0.820. The van der Waals surface area contributed by atoms with Crippen molar-refractivity contribution in [1.29, 1.82) is 0 Å². The number of alkyl halides is 1. The van der Waals surface area contributed by atoms with E-state index in [0.717, 1.165) is 30.5 Å². The first-order valence-corrected chi connectivity index (χ1v) is 9.60. The summed E-state index contributed by atoms with van der Waals surface area (Å²) in [5, 5.41) is 2.88. The van der Waals surface area contributed by atoms with E-state index >= 15 is 0 Å². The predicted molar refractivity (Wildman–Crippen MR) is 108 cm³/mol. The fourth-order valence-corrected chi connectivity index (χ4v) is 3.29. The van der Waals surface area contributed by atoms with Crippen LogP contribution in [0, 0.1) is 11.8 Å². The van der Waals surface area contributed by atoms with Crippen molar-refractivity contribution in [1.82, 2.24) is 15.3 Å². The molecule has 0 aliphatic carbocycles. The Balaban J connectivity index is 1.65. The number of nitrogens with one attached hydrogen (secondary N) is 1. The Bertz CT molecular complexity index is 872. The average molecular weight is 380 g/mol. The molecule has 0 bridgehead atoms. The number of piperidine rings is 1. The lowest BCUT2D eigenvalue weighted by atomic mass is 10.1. The largest absolute Gasteiger partial charge is 0.354 e. The first-order valence-electron chi connectivity index (χ1n) is 9.60. The molecule has 1 aromatic carbocycles. The van der Waals surface area contributed by atoms with E-state index in [-0.39, 0.29) is 11.9 Å². The van der Waals surface area contributed by atoms with Crippen LogP contribution >= 0.6 is 0 Å². The Hall–Kier alpha value is -2.94. The van der Waals surface area contributed by atoms with Gasteiger partial charge in [-0.15, -0.1) is 0 Å². The zero-order chi connectivity index (χ0) is 19.9. The van der Waals surface area contributed by atoms with Crippen molar-refractivity contribution in [2.24, 2.45) is 0 Å². The second kappa shape index (κ2) is 9.32. The van der Waals surface area contributed by atoms with E-state index in [1.54, 1.807) is 12.3 Å². The number of rotatable bonds is 4. The molecule has 28 heavy (non-hydrogen) atoms. The number of carbonyl (C=O) groups excluding carboxylic acids is 1. The molecule has 1 saturated heterocycles. The number of carbonyl (C=O) groups is 1. The maximum absolute atomic E-state index is 13.6. The fraction of sp³-hybridized carbons (Fsp3) is 0.409. The van der Waals surface area contributed by atoms with Crippen LogP contribution in [0.15, 0.2) is 36.5 Å². The Morgan fingerprint density at radius 1 is 1.32 bits per heavy atom. The molecule has 5 nitrogen and oxygen atoms in total. The summed E-state index contributed by atoms with van der Waals surface area (Å²) in [6.45, 7) is 4.62. The van der Waals surface area contributed by atoms with Gasteiger partial charge in [0.05, 0.1) is 6.54 Å². The van der Waals surface area contributed by atoms with E-state index in [4.69, 9.17) is 0 Å². The Morgan fingerprint density at radius 2 is 2.11 bits per heavy atom. The monoisotopic (exact) mass is 380 g/mol. The van der Waals surface area contributed by atoms with Gasteiger partial charge in [0.1, 0.15) is 11.9 Å². The van der Waals surface area contributed by atoms with E-state index in [1.165, 1.54) is 6.92 Å². The summed E-state index contributed by atoms with van der Waals surface area (Å²) in [6.07, 6.45) is 3.04. The van der Waals surface area contributed by atoms with Crippen molar-refractivity contribution < 1.29 is 9.18 Å². The van der Waals surface area contributed by atoms with Crippen LogP contribution in [-0.2, 0) is 11.2 Å². The molecule has 1 N–H and O–H groups in total. The van der Waals surface area contributed by atoms with Crippen molar-refractivity contribution >= 4 is 11.9 Å². The van der Waals surface area contributed by atoms with E-state index < -0.39 is 6.17 Å². The Kier molecular flexibility index (Phi) is 6.59. The fourth-order valence-electron chi connectivity index (χ4n) is 3.29. The summed E-state index contributed by atoms with van der Waals surface area (Å²) < 4.78 is 13.6. The average Bonchev–Trinajstić information content (AvgIpc) is 2.67. The summed E-state index contributed by atoms with van der Waals surface area (Å²) in [4.78, 5) is 21.7. The lowest BCUT2D eigenvalue weighted by Gasteiger charge is -2.28. The summed E-state index contributed by atoms with van der Waals surface area (Å²) in [6, 6.07) is 9.81. The molecule has 0 radical (unpaired) electrons. The SMILES string of the molecule is CC(=O)NC(C)Cc1ccc(C#Cc2ccnc(N3CCCC(F)C3)n2)cc1. The van der Waals surface area contributed by atoms with Crippen molar-refractivity contribution in [3.05, 3.63) is 53.3 Å². The molecular formula is C22H25FN4O. The molecule has 1 amide bonds. The first-order chi connectivity index (χ1) is 13.5. The van der Waals surface area contributed by atoms with Gasteiger partial charge in [0.15, 0.2) is 0 Å². The zero-order valence-corrected chi connectivity index (χ0v) is 16.3. The lowest BCUT2D eigenvalue weighted by molar-refractivity contribution is -0.119. The maximum atomic E-state index is 13.6. The molecule has 2 heterocycles. The summed E-state index contributed by atoms with van der Waals surface area (Å²) >= 11 is 0. The van der Waals surface area contributed by atoms with Crippen molar-refractivity contribution in [2.45, 2.75) is 45.3 Å². The topological polar surface area (TPSA) is 58.1 Å². The van der Waals surface area contributed by atoms with Crippen LogP contribution in [0.4, 0.5) is 10.3 Å². The van der Waals surface area contributed by atoms with Gasteiger partial charge in [0, 0.05) is 31.3 Å². The molecule has 0 saturated carbocycles. The molecule has 146 valence electrons. The van der Waals surface area contributed by atoms with Crippen LogP contribution in [0.3, 0.4) is 0 Å². The number of benzene rings is 1. The van der Waals surface area contributed by atoms with E-state index in [2.05, 4.69) is 27.1 Å². The van der Waals surface area contributed by atoms with Crippen LogP contribution in [0.2, 0.25) is 0 Å². The molecule has 2 aromatic rings. The van der Waals surface area contributed by atoms with Gasteiger partial charge in [-0.2, -0.15) is 0 Å². The van der Waals surface area contributed by atoms with E-state index in [0.29, 0.717) is 24.6 Å². The van der Waals surface area contributed by atoms with Gasteiger partial charge in [-0.3, -0.25) is 4.79 Å². The van der Waals surface area contributed by atoms with Crippen LogP contribution in [0.5, 0.6) is 0 Å². The smallest absolute Gasteiger partial charge is 0.226 e. The molecule has 0 spiro atoms. The highest BCUT2D eigenvalue weighted by molar-refractivity contribution is 5.73. The third-order valence-electron chi connectivity index (χ3n) is 4.57. The van der Waals surface area contributed by atoms with E-state index in [9.17, 15) is 9.18 Å². The quantitative estimate of drug-likeness (QED) is 0.829. The van der Waals surface area contributed by atoms with Gasteiger partial charge in [0.2, 0.25) is 11.9 Å². The highest BCUT2D eigenvalue weighted by atomic mass is 19.1. The number of amides is 1. The number of halogens is 1. The molecule has 1 aliphatic rings. The molecule has 2 unspecified atom stereocenters. The van der Waals surface area contributed by atoms with Crippen LogP contribution in [-0.4, -0.2) is 41.2 Å². The normalized spacial score (nSPS) is 17.4. The molecule has 1 aromatic heterocycles.